The molecule has 6 heteroatoms. The lowest BCUT2D eigenvalue weighted by Gasteiger charge is -2.48. The van der Waals surface area contributed by atoms with Crippen molar-refractivity contribution in [2.75, 3.05) is 44.2 Å². The van der Waals surface area contributed by atoms with Crippen molar-refractivity contribution in [1.82, 2.24) is 10.2 Å². The van der Waals surface area contributed by atoms with Gasteiger partial charge >= 0.3 is 0 Å². The maximum atomic E-state index is 14.0. The number of carbonyl (C=O) groups excluding carboxylic acids is 1. The van der Waals surface area contributed by atoms with Gasteiger partial charge in [0.1, 0.15) is 5.82 Å². The van der Waals surface area contributed by atoms with E-state index in [0.717, 1.165) is 39.3 Å². The molecule has 5 nitrogen and oxygen atoms in total. The van der Waals surface area contributed by atoms with E-state index in [1.165, 1.54) is 6.07 Å². The van der Waals surface area contributed by atoms with Gasteiger partial charge in [0.2, 0.25) is 5.91 Å². The van der Waals surface area contributed by atoms with Crippen LogP contribution < -0.4 is 16.0 Å². The van der Waals surface area contributed by atoms with Crippen LogP contribution in [0.2, 0.25) is 0 Å². The van der Waals surface area contributed by atoms with E-state index in [0.29, 0.717) is 11.7 Å². The average molecular weight is 278 g/mol. The van der Waals surface area contributed by atoms with Crippen LogP contribution in [0.5, 0.6) is 0 Å². The first-order chi connectivity index (χ1) is 9.65. The molecular formula is C14H19FN4O. The fraction of sp³-hybridized carbons (Fsp3) is 0.500. The van der Waals surface area contributed by atoms with Crippen molar-refractivity contribution in [1.29, 1.82) is 0 Å². The quantitative estimate of drug-likeness (QED) is 0.818. The third-order valence-electron chi connectivity index (χ3n) is 4.10. The number of benzene rings is 1. The molecule has 2 aliphatic rings. The van der Waals surface area contributed by atoms with Gasteiger partial charge in [-0.2, -0.15) is 0 Å². The van der Waals surface area contributed by atoms with Crippen molar-refractivity contribution in [2.24, 2.45) is 5.73 Å². The zero-order valence-electron chi connectivity index (χ0n) is 11.3. The standard InChI is InChI=1S/C14H19FN4O/c15-12-7-10(14(16)20)1-2-13(12)19-8-11(9-19)18-5-3-17-4-6-18/h1-2,7,11,17H,3-6,8-9H2,(H2,16,20). The Kier molecular flexibility index (Phi) is 3.58. The van der Waals surface area contributed by atoms with Gasteiger partial charge < -0.3 is 16.0 Å². The SMILES string of the molecule is NC(=O)c1ccc(N2CC(N3CCNCC3)C2)c(F)c1. The normalized spacial score (nSPS) is 20.8. The summed E-state index contributed by atoms with van der Waals surface area (Å²) < 4.78 is 14.0. The van der Waals surface area contributed by atoms with Gasteiger partial charge in [0.05, 0.1) is 5.69 Å². The molecule has 0 atom stereocenters. The highest BCUT2D eigenvalue weighted by molar-refractivity contribution is 5.93. The van der Waals surface area contributed by atoms with E-state index in [9.17, 15) is 9.18 Å². The van der Waals surface area contributed by atoms with E-state index in [-0.39, 0.29) is 11.4 Å². The van der Waals surface area contributed by atoms with Crippen LogP contribution in [0.3, 0.4) is 0 Å². The molecule has 1 aromatic carbocycles. The highest BCUT2D eigenvalue weighted by Crippen LogP contribution is 2.27. The zero-order valence-corrected chi connectivity index (χ0v) is 11.3. The summed E-state index contributed by atoms with van der Waals surface area (Å²) in [6.07, 6.45) is 0. The smallest absolute Gasteiger partial charge is 0.248 e. The van der Waals surface area contributed by atoms with Crippen LogP contribution in [0.4, 0.5) is 10.1 Å². The Bertz CT molecular complexity index is 510. The second-order valence-corrected chi connectivity index (χ2v) is 5.38. The first-order valence-corrected chi connectivity index (χ1v) is 6.94. The van der Waals surface area contributed by atoms with Gasteiger partial charge in [-0.1, -0.05) is 0 Å². The lowest BCUT2D eigenvalue weighted by atomic mass is 10.0. The Morgan fingerprint density at radius 1 is 1.30 bits per heavy atom. The highest BCUT2D eigenvalue weighted by atomic mass is 19.1. The van der Waals surface area contributed by atoms with Gasteiger partial charge in [-0.15, -0.1) is 0 Å². The molecule has 0 spiro atoms. The zero-order chi connectivity index (χ0) is 14.1. The number of nitrogens with two attached hydrogens (primary N) is 1. The van der Waals surface area contributed by atoms with E-state index in [1.807, 2.05) is 4.90 Å². The Morgan fingerprint density at radius 3 is 2.60 bits per heavy atom. The van der Waals surface area contributed by atoms with E-state index >= 15 is 0 Å². The molecule has 3 rings (SSSR count). The topological polar surface area (TPSA) is 61.6 Å². The van der Waals surface area contributed by atoms with Gasteiger partial charge in [0, 0.05) is 50.9 Å². The molecule has 1 aromatic rings. The largest absolute Gasteiger partial charge is 0.366 e. The van der Waals surface area contributed by atoms with Crippen LogP contribution in [-0.4, -0.2) is 56.1 Å². The summed E-state index contributed by atoms with van der Waals surface area (Å²) in [5, 5.41) is 3.33. The minimum atomic E-state index is -0.599. The molecule has 0 unspecified atom stereocenters. The number of hydrogen-bond donors (Lipinski definition) is 2. The van der Waals surface area contributed by atoms with Crippen molar-refractivity contribution in [3.63, 3.8) is 0 Å². The van der Waals surface area contributed by atoms with Gasteiger partial charge in [-0.25, -0.2) is 4.39 Å². The molecule has 2 fully saturated rings. The minimum absolute atomic E-state index is 0.213. The summed E-state index contributed by atoms with van der Waals surface area (Å²) in [7, 11) is 0. The minimum Gasteiger partial charge on any atom is -0.366 e. The number of hydrogen-bond acceptors (Lipinski definition) is 4. The second-order valence-electron chi connectivity index (χ2n) is 5.38. The average Bonchev–Trinajstić information content (AvgIpc) is 2.40. The van der Waals surface area contributed by atoms with Crippen LogP contribution in [0.25, 0.3) is 0 Å². The molecule has 108 valence electrons. The third kappa shape index (κ3) is 2.48. The Morgan fingerprint density at radius 2 is 2.00 bits per heavy atom. The monoisotopic (exact) mass is 278 g/mol. The van der Waals surface area contributed by atoms with E-state index < -0.39 is 5.91 Å². The molecule has 1 amide bonds. The predicted molar refractivity (Wildman–Crippen MR) is 75.4 cm³/mol. The number of nitrogens with one attached hydrogen (secondary N) is 1. The highest BCUT2D eigenvalue weighted by Gasteiger charge is 2.33. The maximum absolute atomic E-state index is 14.0. The molecule has 2 saturated heterocycles. The molecule has 20 heavy (non-hydrogen) atoms. The number of piperazine rings is 1. The number of halogens is 1. The fourth-order valence-corrected chi connectivity index (χ4v) is 2.85. The summed E-state index contributed by atoms with van der Waals surface area (Å²) in [5.74, 6) is -0.974. The Labute approximate surface area is 117 Å². The number of carbonyl (C=O) groups is 1. The van der Waals surface area contributed by atoms with Gasteiger partial charge in [0.15, 0.2) is 0 Å². The van der Waals surface area contributed by atoms with Crippen LogP contribution >= 0.6 is 0 Å². The van der Waals surface area contributed by atoms with Crippen molar-refractivity contribution < 1.29 is 9.18 Å². The number of amides is 1. The first-order valence-electron chi connectivity index (χ1n) is 6.94. The molecule has 0 radical (unpaired) electrons. The van der Waals surface area contributed by atoms with Crippen molar-refractivity contribution >= 4 is 11.6 Å². The van der Waals surface area contributed by atoms with Crippen LogP contribution in [0.1, 0.15) is 10.4 Å². The molecule has 0 saturated carbocycles. The van der Waals surface area contributed by atoms with E-state index in [1.54, 1.807) is 12.1 Å². The first kappa shape index (κ1) is 13.3. The van der Waals surface area contributed by atoms with E-state index in [2.05, 4.69) is 10.2 Å². The van der Waals surface area contributed by atoms with Gasteiger partial charge in [0.25, 0.3) is 0 Å². The molecule has 0 bridgehead atoms. The molecule has 3 N–H and O–H groups in total. The summed E-state index contributed by atoms with van der Waals surface area (Å²) in [6, 6.07) is 4.95. The lowest BCUT2D eigenvalue weighted by Crippen LogP contribution is -2.63. The maximum Gasteiger partial charge on any atom is 0.248 e. The van der Waals surface area contributed by atoms with Gasteiger partial charge in [-0.3, -0.25) is 9.69 Å². The van der Waals surface area contributed by atoms with Crippen molar-refractivity contribution in [3.05, 3.63) is 29.6 Å². The summed E-state index contributed by atoms with van der Waals surface area (Å²) in [5.41, 5.74) is 5.91. The summed E-state index contributed by atoms with van der Waals surface area (Å²) in [6.45, 7) is 5.85. The third-order valence-corrected chi connectivity index (χ3v) is 4.10. The predicted octanol–water partition coefficient (Wildman–Crippen LogP) is 0.0184. The molecule has 0 aromatic heterocycles. The molecule has 2 heterocycles. The lowest BCUT2D eigenvalue weighted by molar-refractivity contribution is 0.1000. The Balaban J connectivity index is 1.63. The van der Waals surface area contributed by atoms with Gasteiger partial charge in [-0.05, 0) is 18.2 Å². The summed E-state index contributed by atoms with van der Waals surface area (Å²) in [4.78, 5) is 15.5. The number of rotatable bonds is 3. The second kappa shape index (κ2) is 5.38. The number of primary amides is 1. The van der Waals surface area contributed by atoms with Crippen LogP contribution in [-0.2, 0) is 0 Å². The van der Waals surface area contributed by atoms with Crippen LogP contribution in [0, 0.1) is 5.82 Å². The fourth-order valence-electron chi connectivity index (χ4n) is 2.85. The van der Waals surface area contributed by atoms with Crippen molar-refractivity contribution in [3.8, 4) is 0 Å². The number of nitrogens with zero attached hydrogens (tertiary/aromatic N) is 2. The number of anilines is 1. The van der Waals surface area contributed by atoms with E-state index in [4.69, 9.17) is 5.73 Å². The van der Waals surface area contributed by atoms with Crippen LogP contribution in [0.15, 0.2) is 18.2 Å². The Hall–Kier alpha value is -1.66. The van der Waals surface area contributed by atoms with Crippen molar-refractivity contribution in [2.45, 2.75) is 6.04 Å². The summed E-state index contributed by atoms with van der Waals surface area (Å²) >= 11 is 0. The molecule has 0 aliphatic carbocycles. The molecular weight excluding hydrogens is 259 g/mol. The molecule has 2 aliphatic heterocycles.